The van der Waals surface area contributed by atoms with Crippen LogP contribution < -0.4 is 0 Å². The highest BCUT2D eigenvalue weighted by Gasteiger charge is 2.23. The van der Waals surface area contributed by atoms with Crippen molar-refractivity contribution < 1.29 is 9.90 Å². The molecule has 1 saturated heterocycles. The average Bonchev–Trinajstić information content (AvgIpc) is 2.25. The van der Waals surface area contributed by atoms with Crippen LogP contribution in [0.1, 0.15) is 18.4 Å². The Bertz CT molecular complexity index is 337. The molecule has 0 aromatic heterocycles. The van der Waals surface area contributed by atoms with Crippen LogP contribution in [0, 0.1) is 0 Å². The number of hydrogen-bond acceptors (Lipinski definition) is 2. The van der Waals surface area contributed by atoms with E-state index in [0.717, 1.165) is 5.56 Å². The molecular formula is C12H15NO2. The molecule has 1 heterocycles. The first-order chi connectivity index (χ1) is 7.25. The van der Waals surface area contributed by atoms with Crippen molar-refractivity contribution in [2.24, 2.45) is 0 Å². The Morgan fingerprint density at radius 1 is 1.33 bits per heavy atom. The van der Waals surface area contributed by atoms with Gasteiger partial charge in [0, 0.05) is 19.5 Å². The van der Waals surface area contributed by atoms with Gasteiger partial charge in [-0.1, -0.05) is 30.3 Å². The van der Waals surface area contributed by atoms with Crippen molar-refractivity contribution in [2.75, 3.05) is 6.54 Å². The monoisotopic (exact) mass is 205 g/mol. The van der Waals surface area contributed by atoms with E-state index in [2.05, 4.69) is 0 Å². The maximum Gasteiger partial charge on any atom is 0.223 e. The molecule has 0 aliphatic carbocycles. The topological polar surface area (TPSA) is 40.5 Å². The second-order valence-electron chi connectivity index (χ2n) is 3.95. The van der Waals surface area contributed by atoms with Crippen LogP contribution in [0.3, 0.4) is 0 Å². The van der Waals surface area contributed by atoms with Gasteiger partial charge in [0.05, 0.1) is 6.10 Å². The van der Waals surface area contributed by atoms with E-state index in [1.807, 2.05) is 30.3 Å². The summed E-state index contributed by atoms with van der Waals surface area (Å²) in [5.41, 5.74) is 1.11. The van der Waals surface area contributed by atoms with Gasteiger partial charge in [-0.05, 0) is 12.0 Å². The molecule has 1 aromatic rings. The summed E-state index contributed by atoms with van der Waals surface area (Å²) in [5.74, 6) is 0.143. The van der Waals surface area contributed by atoms with Crippen molar-refractivity contribution in [2.45, 2.75) is 25.5 Å². The molecule has 80 valence electrons. The Balaban J connectivity index is 2.01. The van der Waals surface area contributed by atoms with Gasteiger partial charge in [0.25, 0.3) is 0 Å². The number of aliphatic hydroxyl groups excluding tert-OH is 1. The molecular weight excluding hydrogens is 190 g/mol. The van der Waals surface area contributed by atoms with E-state index >= 15 is 0 Å². The van der Waals surface area contributed by atoms with Crippen LogP contribution >= 0.6 is 0 Å². The predicted octanol–water partition coefficient (Wildman–Crippen LogP) is 1.17. The number of hydrogen-bond donors (Lipinski definition) is 1. The molecule has 1 amide bonds. The molecule has 1 aromatic carbocycles. The number of rotatable bonds is 2. The Morgan fingerprint density at radius 3 is 2.80 bits per heavy atom. The number of aliphatic hydroxyl groups is 1. The van der Waals surface area contributed by atoms with Crippen molar-refractivity contribution in [3.8, 4) is 0 Å². The minimum Gasteiger partial charge on any atom is -0.391 e. The highest BCUT2D eigenvalue weighted by molar-refractivity contribution is 5.77. The molecule has 0 bridgehead atoms. The molecule has 0 saturated carbocycles. The zero-order valence-electron chi connectivity index (χ0n) is 8.60. The summed E-state index contributed by atoms with van der Waals surface area (Å²) in [5, 5.41) is 9.48. The second-order valence-corrected chi connectivity index (χ2v) is 3.95. The smallest absolute Gasteiger partial charge is 0.223 e. The van der Waals surface area contributed by atoms with E-state index in [9.17, 15) is 9.90 Å². The fourth-order valence-electron chi connectivity index (χ4n) is 1.85. The largest absolute Gasteiger partial charge is 0.391 e. The fourth-order valence-corrected chi connectivity index (χ4v) is 1.85. The van der Waals surface area contributed by atoms with Crippen LogP contribution in [0.15, 0.2) is 30.3 Å². The van der Waals surface area contributed by atoms with E-state index in [4.69, 9.17) is 0 Å². The SMILES string of the molecule is O=C1CCC(O)CN1Cc1ccccc1. The van der Waals surface area contributed by atoms with E-state index in [0.29, 0.717) is 25.9 Å². The van der Waals surface area contributed by atoms with Crippen LogP contribution in [-0.2, 0) is 11.3 Å². The first-order valence-corrected chi connectivity index (χ1v) is 5.25. The molecule has 1 fully saturated rings. The summed E-state index contributed by atoms with van der Waals surface area (Å²) >= 11 is 0. The zero-order chi connectivity index (χ0) is 10.7. The highest BCUT2D eigenvalue weighted by atomic mass is 16.3. The van der Waals surface area contributed by atoms with Gasteiger partial charge in [0.15, 0.2) is 0 Å². The maximum absolute atomic E-state index is 11.6. The zero-order valence-corrected chi connectivity index (χ0v) is 8.60. The molecule has 1 aliphatic rings. The Labute approximate surface area is 89.3 Å². The number of nitrogens with zero attached hydrogens (tertiary/aromatic N) is 1. The number of likely N-dealkylation sites (tertiary alicyclic amines) is 1. The number of carbonyl (C=O) groups excluding carboxylic acids is 1. The lowest BCUT2D eigenvalue weighted by Gasteiger charge is -2.30. The molecule has 15 heavy (non-hydrogen) atoms. The van der Waals surface area contributed by atoms with Crippen molar-refractivity contribution in [3.05, 3.63) is 35.9 Å². The Kier molecular flexibility index (Phi) is 3.02. The minimum atomic E-state index is -0.355. The van der Waals surface area contributed by atoms with Crippen LogP contribution in [0.5, 0.6) is 0 Å². The summed E-state index contributed by atoms with van der Waals surface area (Å²) in [6.07, 6.45) is 0.712. The van der Waals surface area contributed by atoms with E-state index < -0.39 is 0 Å². The number of benzene rings is 1. The number of amides is 1. The van der Waals surface area contributed by atoms with Gasteiger partial charge < -0.3 is 10.0 Å². The quantitative estimate of drug-likeness (QED) is 0.787. The summed E-state index contributed by atoms with van der Waals surface area (Å²) < 4.78 is 0. The van der Waals surface area contributed by atoms with Gasteiger partial charge in [0.2, 0.25) is 5.91 Å². The third-order valence-corrected chi connectivity index (χ3v) is 2.69. The normalized spacial score (nSPS) is 21.8. The molecule has 1 aliphatic heterocycles. The number of piperidine rings is 1. The number of carbonyl (C=O) groups is 1. The summed E-state index contributed by atoms with van der Waals surface area (Å²) in [4.78, 5) is 13.3. The average molecular weight is 205 g/mol. The van der Waals surface area contributed by atoms with Gasteiger partial charge in [-0.3, -0.25) is 4.79 Å². The van der Waals surface area contributed by atoms with Crippen LogP contribution in [0.2, 0.25) is 0 Å². The second kappa shape index (κ2) is 4.45. The minimum absolute atomic E-state index is 0.143. The van der Waals surface area contributed by atoms with Gasteiger partial charge >= 0.3 is 0 Å². The maximum atomic E-state index is 11.6. The molecule has 0 radical (unpaired) electrons. The third kappa shape index (κ3) is 2.57. The Morgan fingerprint density at radius 2 is 2.07 bits per heavy atom. The van der Waals surface area contributed by atoms with Crippen LogP contribution in [-0.4, -0.2) is 28.6 Å². The predicted molar refractivity (Wildman–Crippen MR) is 57.1 cm³/mol. The lowest BCUT2D eigenvalue weighted by molar-refractivity contribution is -0.137. The molecule has 2 rings (SSSR count). The van der Waals surface area contributed by atoms with Crippen LogP contribution in [0.25, 0.3) is 0 Å². The molecule has 3 nitrogen and oxygen atoms in total. The molecule has 3 heteroatoms. The highest BCUT2D eigenvalue weighted by Crippen LogP contribution is 2.14. The molecule has 1 unspecified atom stereocenters. The first kappa shape index (κ1) is 10.2. The van der Waals surface area contributed by atoms with Crippen molar-refractivity contribution in [1.29, 1.82) is 0 Å². The first-order valence-electron chi connectivity index (χ1n) is 5.25. The van der Waals surface area contributed by atoms with Crippen molar-refractivity contribution in [3.63, 3.8) is 0 Å². The fraction of sp³-hybridized carbons (Fsp3) is 0.417. The molecule has 1 N–H and O–H groups in total. The van der Waals surface area contributed by atoms with Crippen molar-refractivity contribution in [1.82, 2.24) is 4.90 Å². The van der Waals surface area contributed by atoms with Crippen molar-refractivity contribution >= 4 is 5.91 Å². The van der Waals surface area contributed by atoms with E-state index in [-0.39, 0.29) is 12.0 Å². The van der Waals surface area contributed by atoms with Gasteiger partial charge in [-0.2, -0.15) is 0 Å². The van der Waals surface area contributed by atoms with Gasteiger partial charge in [0.1, 0.15) is 0 Å². The summed E-state index contributed by atoms with van der Waals surface area (Å²) in [6.45, 7) is 1.07. The molecule has 1 atom stereocenters. The summed E-state index contributed by atoms with van der Waals surface area (Å²) in [7, 11) is 0. The third-order valence-electron chi connectivity index (χ3n) is 2.69. The van der Waals surface area contributed by atoms with Gasteiger partial charge in [-0.15, -0.1) is 0 Å². The lowest BCUT2D eigenvalue weighted by atomic mass is 10.1. The Hall–Kier alpha value is -1.35. The van der Waals surface area contributed by atoms with Gasteiger partial charge in [-0.25, -0.2) is 0 Å². The van der Waals surface area contributed by atoms with Crippen LogP contribution in [0.4, 0.5) is 0 Å². The van der Waals surface area contributed by atoms with E-state index in [1.165, 1.54) is 0 Å². The lowest BCUT2D eigenvalue weighted by Crippen LogP contribution is -2.41. The summed E-state index contributed by atoms with van der Waals surface area (Å²) in [6, 6.07) is 9.86. The van der Waals surface area contributed by atoms with E-state index in [1.54, 1.807) is 4.90 Å². The number of β-amino-alcohol motifs (C(OH)–C–C–N with tert-alkyl or cyclic N) is 1. The molecule has 0 spiro atoms. The standard InChI is InChI=1S/C12H15NO2/c14-11-6-7-12(15)13(9-11)8-10-4-2-1-3-5-10/h1-5,11,14H,6-9H2.